The summed E-state index contributed by atoms with van der Waals surface area (Å²) in [7, 11) is 0. The Labute approximate surface area is 160 Å². The predicted octanol–water partition coefficient (Wildman–Crippen LogP) is 3.62. The van der Waals surface area contributed by atoms with Crippen LogP contribution in [0.25, 0.3) is 11.4 Å². The average Bonchev–Trinajstić information content (AvgIpc) is 3.33. The molecule has 2 aromatic carbocycles. The fourth-order valence-corrected chi connectivity index (χ4v) is 2.62. The number of nitrogen functional groups attached to an aromatic ring is 1. The van der Waals surface area contributed by atoms with E-state index in [0.717, 1.165) is 11.4 Å². The number of hydrogen-bond donors (Lipinski definition) is 2. The van der Waals surface area contributed by atoms with Crippen LogP contribution < -0.4 is 11.2 Å². The Balaban J connectivity index is 1.59. The van der Waals surface area contributed by atoms with E-state index < -0.39 is 0 Å². The molecule has 0 bridgehead atoms. The first-order chi connectivity index (χ1) is 13.8. The smallest absolute Gasteiger partial charge is 0.197 e. The molecular formula is C19H15N9. The number of hydrogen-bond acceptors (Lipinski definition) is 6. The highest BCUT2D eigenvalue weighted by atomic mass is 15.5. The summed E-state index contributed by atoms with van der Waals surface area (Å²) < 4.78 is 3.13. The number of aromatic nitrogens is 4. The zero-order valence-electron chi connectivity index (χ0n) is 14.6. The molecule has 2 aromatic heterocycles. The first-order valence-corrected chi connectivity index (χ1v) is 8.37. The van der Waals surface area contributed by atoms with Crippen LogP contribution in [0.4, 0.5) is 17.3 Å². The molecule has 9 heteroatoms. The number of nitrogens with zero attached hydrogens (tertiary/aromatic N) is 7. The lowest BCUT2D eigenvalue weighted by Crippen LogP contribution is -2.02. The second kappa shape index (κ2) is 7.43. The fourth-order valence-electron chi connectivity index (χ4n) is 2.62. The Morgan fingerprint density at radius 3 is 2.14 bits per heavy atom. The number of nitrogens with one attached hydrogen (secondary N) is 1. The highest BCUT2D eigenvalue weighted by molar-refractivity contribution is 5.63. The number of benzene rings is 2. The van der Waals surface area contributed by atoms with Gasteiger partial charge >= 0.3 is 0 Å². The normalized spacial score (nSPS) is 10.8. The van der Waals surface area contributed by atoms with Gasteiger partial charge in [0.05, 0.1) is 23.8 Å². The van der Waals surface area contributed by atoms with Gasteiger partial charge in [0, 0.05) is 0 Å². The summed E-state index contributed by atoms with van der Waals surface area (Å²) in [5.74, 6) is 0.706. The van der Waals surface area contributed by atoms with Crippen molar-refractivity contribution in [3.8, 4) is 17.4 Å². The Morgan fingerprint density at radius 1 is 0.893 bits per heavy atom. The largest absolute Gasteiger partial charge is 0.382 e. The first kappa shape index (κ1) is 17.0. The monoisotopic (exact) mass is 369 g/mol. The van der Waals surface area contributed by atoms with Crippen LogP contribution >= 0.6 is 0 Å². The molecule has 0 aliphatic carbocycles. The lowest BCUT2D eigenvalue weighted by molar-refractivity contribution is 0.866. The standard InChI is InChI=1S/C19H15N9/c20-11-14-12-22-28(16-9-5-2-6-10-16)19(14)25-26-24-17-13-23-27(18(17)21)15-7-3-1-4-8-15/h1-10,12-13H,21H2,(H,24,25). The summed E-state index contributed by atoms with van der Waals surface area (Å²) >= 11 is 0. The third-order valence-corrected chi connectivity index (χ3v) is 3.99. The van der Waals surface area contributed by atoms with Crippen molar-refractivity contribution >= 4 is 17.3 Å². The van der Waals surface area contributed by atoms with Crippen molar-refractivity contribution < 1.29 is 0 Å². The van der Waals surface area contributed by atoms with Crippen molar-refractivity contribution in [2.75, 3.05) is 11.2 Å². The number of anilines is 2. The van der Waals surface area contributed by atoms with E-state index in [-0.39, 0.29) is 0 Å². The number of nitrogens with two attached hydrogens (primary N) is 1. The van der Waals surface area contributed by atoms with Crippen LogP contribution in [0.1, 0.15) is 5.56 Å². The van der Waals surface area contributed by atoms with Gasteiger partial charge in [-0.1, -0.05) is 41.6 Å². The van der Waals surface area contributed by atoms with Gasteiger partial charge < -0.3 is 5.73 Å². The van der Waals surface area contributed by atoms with E-state index in [9.17, 15) is 5.26 Å². The topological polar surface area (TPSA) is 122 Å². The summed E-state index contributed by atoms with van der Waals surface area (Å²) in [6, 6.07) is 20.9. The minimum Gasteiger partial charge on any atom is -0.382 e. The van der Waals surface area contributed by atoms with Crippen LogP contribution in [-0.4, -0.2) is 19.6 Å². The second-order valence-corrected chi connectivity index (χ2v) is 5.74. The van der Waals surface area contributed by atoms with E-state index in [2.05, 4.69) is 32.0 Å². The summed E-state index contributed by atoms with van der Waals surface area (Å²) in [6.45, 7) is 0. The summed E-state index contributed by atoms with van der Waals surface area (Å²) in [5, 5.41) is 25.9. The van der Waals surface area contributed by atoms with Crippen LogP contribution in [0.3, 0.4) is 0 Å². The molecule has 3 N–H and O–H groups in total. The molecule has 0 radical (unpaired) electrons. The van der Waals surface area contributed by atoms with Gasteiger partial charge in [-0.2, -0.15) is 15.5 Å². The Hall–Kier alpha value is -4.45. The quantitative estimate of drug-likeness (QED) is 0.411. The third kappa shape index (κ3) is 3.17. The van der Waals surface area contributed by atoms with Gasteiger partial charge in [0.15, 0.2) is 11.6 Å². The van der Waals surface area contributed by atoms with Crippen molar-refractivity contribution in [1.29, 1.82) is 5.26 Å². The molecule has 0 saturated heterocycles. The van der Waals surface area contributed by atoms with Crippen molar-refractivity contribution in [3.05, 3.63) is 78.6 Å². The zero-order chi connectivity index (χ0) is 19.3. The van der Waals surface area contributed by atoms with Gasteiger partial charge in [0.2, 0.25) is 0 Å². The molecule has 0 unspecified atom stereocenters. The van der Waals surface area contributed by atoms with Gasteiger partial charge in [-0.05, 0) is 24.3 Å². The van der Waals surface area contributed by atoms with Crippen LogP contribution in [0.5, 0.6) is 0 Å². The molecule has 0 spiro atoms. The molecule has 9 nitrogen and oxygen atoms in total. The number of rotatable bonds is 5. The molecule has 0 aliphatic rings. The van der Waals surface area contributed by atoms with Gasteiger partial charge in [-0.25, -0.2) is 9.36 Å². The third-order valence-electron chi connectivity index (χ3n) is 3.99. The summed E-state index contributed by atoms with van der Waals surface area (Å²) in [5.41, 5.74) is 11.3. The van der Waals surface area contributed by atoms with Crippen molar-refractivity contribution in [3.63, 3.8) is 0 Å². The zero-order valence-corrected chi connectivity index (χ0v) is 14.6. The first-order valence-electron chi connectivity index (χ1n) is 8.37. The molecule has 0 aliphatic heterocycles. The minimum absolute atomic E-state index is 0.308. The van der Waals surface area contributed by atoms with E-state index in [1.807, 2.05) is 60.7 Å². The van der Waals surface area contributed by atoms with E-state index in [1.54, 1.807) is 15.6 Å². The molecule has 4 rings (SSSR count). The van der Waals surface area contributed by atoms with Gasteiger partial charge in [-0.15, -0.1) is 5.11 Å². The van der Waals surface area contributed by atoms with Gasteiger partial charge in [-0.3, -0.25) is 5.43 Å². The Bertz CT molecular complexity index is 1150. The molecule has 136 valence electrons. The van der Waals surface area contributed by atoms with Crippen LogP contribution in [0.2, 0.25) is 0 Å². The van der Waals surface area contributed by atoms with Gasteiger partial charge in [0.25, 0.3) is 0 Å². The maximum absolute atomic E-state index is 9.31. The highest BCUT2D eigenvalue weighted by Gasteiger charge is 2.12. The minimum atomic E-state index is 0.308. The van der Waals surface area contributed by atoms with Crippen LogP contribution in [-0.2, 0) is 0 Å². The summed E-state index contributed by atoms with van der Waals surface area (Å²) in [4.78, 5) is 0. The summed E-state index contributed by atoms with van der Waals surface area (Å²) in [6.07, 6.45) is 3.00. The number of nitriles is 1. The molecule has 0 atom stereocenters. The van der Waals surface area contributed by atoms with E-state index in [0.29, 0.717) is 22.9 Å². The molecule has 0 amide bonds. The molecule has 0 saturated carbocycles. The molecule has 4 aromatic rings. The van der Waals surface area contributed by atoms with E-state index >= 15 is 0 Å². The molecule has 0 fully saturated rings. The fraction of sp³-hybridized carbons (Fsp3) is 0. The number of para-hydroxylation sites is 2. The van der Waals surface area contributed by atoms with Crippen LogP contribution in [0.15, 0.2) is 83.4 Å². The highest BCUT2D eigenvalue weighted by Crippen LogP contribution is 2.25. The maximum atomic E-state index is 9.31. The van der Waals surface area contributed by atoms with Crippen molar-refractivity contribution in [2.24, 2.45) is 10.3 Å². The van der Waals surface area contributed by atoms with Crippen LogP contribution in [0, 0.1) is 11.3 Å². The lowest BCUT2D eigenvalue weighted by Gasteiger charge is -2.04. The Kier molecular flexibility index (Phi) is 4.51. The SMILES string of the molecule is N#Cc1cnn(-c2ccccc2)c1N=NNc1cnn(-c2ccccc2)c1N. The molecular weight excluding hydrogens is 354 g/mol. The maximum Gasteiger partial charge on any atom is 0.197 e. The molecule has 28 heavy (non-hydrogen) atoms. The predicted molar refractivity (Wildman–Crippen MR) is 104 cm³/mol. The Morgan fingerprint density at radius 2 is 1.50 bits per heavy atom. The molecule has 2 heterocycles. The van der Waals surface area contributed by atoms with Crippen molar-refractivity contribution in [2.45, 2.75) is 0 Å². The average molecular weight is 369 g/mol. The second-order valence-electron chi connectivity index (χ2n) is 5.74. The lowest BCUT2D eigenvalue weighted by atomic mass is 10.3. The van der Waals surface area contributed by atoms with Gasteiger partial charge in [0.1, 0.15) is 17.3 Å². The van der Waals surface area contributed by atoms with E-state index in [1.165, 1.54) is 6.20 Å². The van der Waals surface area contributed by atoms with Crippen molar-refractivity contribution in [1.82, 2.24) is 19.6 Å². The van der Waals surface area contributed by atoms with E-state index in [4.69, 9.17) is 5.73 Å².